The summed E-state index contributed by atoms with van der Waals surface area (Å²) >= 11 is 0. The van der Waals surface area contributed by atoms with Gasteiger partial charge in [-0.2, -0.15) is 9.50 Å². The molecule has 30 heavy (non-hydrogen) atoms. The molecule has 0 aliphatic carbocycles. The number of aryl methyl sites for hydroxylation is 3. The monoisotopic (exact) mass is 401 g/mol. The number of anilines is 1. The first-order chi connectivity index (χ1) is 14.3. The van der Waals surface area contributed by atoms with Crippen LogP contribution in [0.25, 0.3) is 17.2 Å². The molecule has 0 bridgehead atoms. The van der Waals surface area contributed by atoms with Gasteiger partial charge in [-0.15, -0.1) is 5.10 Å². The van der Waals surface area contributed by atoms with Gasteiger partial charge >= 0.3 is 0 Å². The van der Waals surface area contributed by atoms with E-state index in [0.29, 0.717) is 22.9 Å². The fourth-order valence-electron chi connectivity index (χ4n) is 3.62. The predicted octanol–water partition coefficient (Wildman–Crippen LogP) is 3.20. The van der Waals surface area contributed by atoms with E-state index >= 15 is 0 Å². The van der Waals surface area contributed by atoms with Crippen molar-refractivity contribution >= 4 is 17.4 Å². The van der Waals surface area contributed by atoms with Crippen molar-refractivity contribution in [2.24, 2.45) is 7.05 Å². The van der Waals surface area contributed by atoms with Gasteiger partial charge in [0.2, 0.25) is 11.7 Å². The summed E-state index contributed by atoms with van der Waals surface area (Å²) in [4.78, 5) is 30.3. The molecule has 0 spiro atoms. The van der Waals surface area contributed by atoms with E-state index in [1.807, 2.05) is 76.3 Å². The van der Waals surface area contributed by atoms with Crippen LogP contribution in [0.3, 0.4) is 0 Å². The molecule has 0 aliphatic rings. The maximum Gasteiger partial charge on any atom is 0.279 e. The maximum atomic E-state index is 13.1. The summed E-state index contributed by atoms with van der Waals surface area (Å²) < 4.78 is 3.06. The molecule has 2 heterocycles. The Morgan fingerprint density at radius 2 is 1.70 bits per heavy atom. The zero-order valence-corrected chi connectivity index (χ0v) is 17.4. The van der Waals surface area contributed by atoms with Crippen LogP contribution in [0.15, 0.2) is 53.3 Å². The van der Waals surface area contributed by atoms with Gasteiger partial charge in [-0.05, 0) is 44.0 Å². The van der Waals surface area contributed by atoms with Crippen molar-refractivity contribution in [3.63, 3.8) is 0 Å². The van der Waals surface area contributed by atoms with Crippen molar-refractivity contribution < 1.29 is 4.79 Å². The number of aromatic nitrogens is 4. The van der Waals surface area contributed by atoms with Gasteiger partial charge in [0, 0.05) is 29.6 Å². The van der Waals surface area contributed by atoms with Crippen LogP contribution in [0, 0.1) is 20.8 Å². The van der Waals surface area contributed by atoms with E-state index < -0.39 is 0 Å². The lowest BCUT2D eigenvalue weighted by Crippen LogP contribution is -2.28. The number of carbonyl (C=O) groups excluding carboxylic acids is 1. The van der Waals surface area contributed by atoms with Gasteiger partial charge in [0.1, 0.15) is 0 Å². The van der Waals surface area contributed by atoms with Crippen molar-refractivity contribution in [2.75, 3.05) is 5.32 Å². The smallest absolute Gasteiger partial charge is 0.279 e. The minimum Gasteiger partial charge on any atom is -0.326 e. The summed E-state index contributed by atoms with van der Waals surface area (Å²) in [5, 5.41) is 7.29. The highest BCUT2D eigenvalue weighted by Crippen LogP contribution is 2.17. The lowest BCUT2D eigenvalue weighted by Gasteiger charge is -2.12. The molecule has 1 N–H and O–H groups in total. The molecule has 4 aromatic rings. The van der Waals surface area contributed by atoms with Gasteiger partial charge in [-0.3, -0.25) is 9.59 Å². The van der Waals surface area contributed by atoms with E-state index in [1.54, 1.807) is 4.57 Å². The van der Waals surface area contributed by atoms with Gasteiger partial charge in [0.05, 0.1) is 6.42 Å². The second-order valence-corrected chi connectivity index (χ2v) is 7.54. The number of benzene rings is 2. The lowest BCUT2D eigenvalue weighted by molar-refractivity contribution is -0.115. The zero-order chi connectivity index (χ0) is 21.4. The van der Waals surface area contributed by atoms with Crippen LogP contribution in [-0.2, 0) is 18.3 Å². The minimum absolute atomic E-state index is 0.0397. The van der Waals surface area contributed by atoms with E-state index in [1.165, 1.54) is 4.52 Å². The number of hydrogen-bond acceptors (Lipinski definition) is 4. The standard InChI is InChI=1S/C23H23N5O2/c1-14-10-15(2)12-18(11-14)24-20(29)13-19-16(3)27(4)23-25-21(26-28(23)22(19)30)17-8-6-5-7-9-17/h5-12H,13H2,1-4H3,(H,24,29). The molecular weight excluding hydrogens is 378 g/mol. The summed E-state index contributed by atoms with van der Waals surface area (Å²) in [6.45, 7) is 5.77. The number of nitrogens with zero attached hydrogens (tertiary/aromatic N) is 4. The highest BCUT2D eigenvalue weighted by Gasteiger charge is 2.19. The summed E-state index contributed by atoms with van der Waals surface area (Å²) in [5.74, 6) is 0.664. The van der Waals surface area contributed by atoms with Crippen LogP contribution in [0.4, 0.5) is 5.69 Å². The second kappa shape index (κ2) is 7.59. The van der Waals surface area contributed by atoms with Crippen LogP contribution in [0.1, 0.15) is 22.4 Å². The largest absolute Gasteiger partial charge is 0.326 e. The van der Waals surface area contributed by atoms with Crippen molar-refractivity contribution in [1.29, 1.82) is 0 Å². The Morgan fingerprint density at radius 3 is 2.37 bits per heavy atom. The van der Waals surface area contributed by atoms with E-state index in [2.05, 4.69) is 15.4 Å². The van der Waals surface area contributed by atoms with Gasteiger partial charge in [-0.25, -0.2) is 0 Å². The highest BCUT2D eigenvalue weighted by molar-refractivity contribution is 5.92. The number of nitrogens with one attached hydrogen (secondary N) is 1. The lowest BCUT2D eigenvalue weighted by atomic mass is 10.1. The Kier molecular flexibility index (Phi) is 4.95. The third kappa shape index (κ3) is 3.61. The normalized spacial score (nSPS) is 11.1. The molecule has 0 fully saturated rings. The first-order valence-electron chi connectivity index (χ1n) is 9.72. The molecule has 0 atom stereocenters. The average Bonchev–Trinajstić information content (AvgIpc) is 3.15. The Labute approximate surface area is 174 Å². The number of amides is 1. The molecule has 4 rings (SSSR count). The fourth-order valence-corrected chi connectivity index (χ4v) is 3.62. The third-order valence-corrected chi connectivity index (χ3v) is 5.16. The number of carbonyl (C=O) groups is 1. The third-order valence-electron chi connectivity index (χ3n) is 5.16. The summed E-state index contributed by atoms with van der Waals surface area (Å²) in [7, 11) is 1.82. The van der Waals surface area contributed by atoms with E-state index in [-0.39, 0.29) is 17.9 Å². The zero-order valence-electron chi connectivity index (χ0n) is 17.4. The predicted molar refractivity (Wildman–Crippen MR) is 117 cm³/mol. The second-order valence-electron chi connectivity index (χ2n) is 7.54. The Morgan fingerprint density at radius 1 is 1.03 bits per heavy atom. The molecular formula is C23H23N5O2. The van der Waals surface area contributed by atoms with Crippen LogP contribution in [-0.4, -0.2) is 25.1 Å². The highest BCUT2D eigenvalue weighted by atomic mass is 16.2. The first-order valence-corrected chi connectivity index (χ1v) is 9.72. The van der Waals surface area contributed by atoms with Crippen molar-refractivity contribution in [2.45, 2.75) is 27.2 Å². The molecule has 0 saturated heterocycles. The van der Waals surface area contributed by atoms with E-state index in [9.17, 15) is 9.59 Å². The molecule has 0 radical (unpaired) electrons. The van der Waals surface area contributed by atoms with Crippen LogP contribution < -0.4 is 10.9 Å². The average molecular weight is 401 g/mol. The fraction of sp³-hybridized carbons (Fsp3) is 0.217. The molecule has 2 aromatic carbocycles. The topological polar surface area (TPSA) is 81.3 Å². The SMILES string of the molecule is Cc1cc(C)cc(NC(=O)Cc2c(C)n(C)c3nc(-c4ccccc4)nn3c2=O)c1. The number of hydrogen-bond donors (Lipinski definition) is 1. The first kappa shape index (κ1) is 19.6. The Balaban J connectivity index is 1.70. The van der Waals surface area contributed by atoms with Gasteiger partial charge < -0.3 is 9.88 Å². The van der Waals surface area contributed by atoms with Crippen molar-refractivity contribution in [3.05, 3.63) is 81.3 Å². The van der Waals surface area contributed by atoms with Crippen LogP contribution in [0.2, 0.25) is 0 Å². The van der Waals surface area contributed by atoms with Crippen molar-refractivity contribution in [3.8, 4) is 11.4 Å². The minimum atomic E-state index is -0.328. The van der Waals surface area contributed by atoms with Gasteiger partial charge in [0.15, 0.2) is 5.82 Å². The molecule has 0 aliphatic heterocycles. The molecule has 2 aromatic heterocycles. The quantitative estimate of drug-likeness (QED) is 0.569. The molecule has 152 valence electrons. The molecule has 7 heteroatoms. The molecule has 1 amide bonds. The summed E-state index contributed by atoms with van der Waals surface area (Å²) in [5.41, 5.74) is 4.44. The van der Waals surface area contributed by atoms with Gasteiger partial charge in [-0.1, -0.05) is 36.4 Å². The van der Waals surface area contributed by atoms with E-state index in [4.69, 9.17) is 0 Å². The van der Waals surface area contributed by atoms with Crippen LogP contribution >= 0.6 is 0 Å². The Bertz CT molecular complexity index is 1300. The molecule has 0 saturated carbocycles. The van der Waals surface area contributed by atoms with E-state index in [0.717, 1.165) is 22.4 Å². The number of fused-ring (bicyclic) bond motifs is 1. The van der Waals surface area contributed by atoms with Crippen LogP contribution in [0.5, 0.6) is 0 Å². The Hall–Kier alpha value is -3.74. The van der Waals surface area contributed by atoms with Gasteiger partial charge in [0.25, 0.3) is 5.56 Å². The maximum absolute atomic E-state index is 13.1. The molecule has 7 nitrogen and oxygen atoms in total. The molecule has 0 unspecified atom stereocenters. The summed E-state index contributed by atoms with van der Waals surface area (Å²) in [6.07, 6.45) is -0.0397. The number of rotatable bonds is 4. The summed E-state index contributed by atoms with van der Waals surface area (Å²) in [6, 6.07) is 15.3. The van der Waals surface area contributed by atoms with Crippen molar-refractivity contribution in [1.82, 2.24) is 19.2 Å².